The summed E-state index contributed by atoms with van der Waals surface area (Å²) in [5, 5.41) is 0. The third kappa shape index (κ3) is 1.84. The summed E-state index contributed by atoms with van der Waals surface area (Å²) in [6.07, 6.45) is 1.31. The normalized spacial score (nSPS) is 10.6. The van der Waals surface area contributed by atoms with E-state index >= 15 is 0 Å². The lowest BCUT2D eigenvalue weighted by molar-refractivity contribution is 1.52. The third-order valence-corrected chi connectivity index (χ3v) is 1.31. The zero-order valence-corrected chi connectivity index (χ0v) is 5.99. The van der Waals surface area contributed by atoms with Crippen LogP contribution in [0.25, 0.3) is 10.5 Å². The minimum absolute atomic E-state index is 0.514. The average molecular weight is 144 g/mol. The van der Waals surface area contributed by atoms with Gasteiger partial charge in [0.1, 0.15) is 0 Å². The Labute approximate surface area is 65.8 Å². The lowest BCUT2D eigenvalue weighted by atomic mass is 10.2. The van der Waals surface area contributed by atoms with Crippen molar-refractivity contribution in [3.05, 3.63) is 53.5 Å². The van der Waals surface area contributed by atoms with Crippen LogP contribution in [0, 0.1) is 6.57 Å². The molecule has 2 heteroatoms. The predicted molar refractivity (Wildman–Crippen MR) is 45.2 cm³/mol. The standard InChI is InChI=1S/C9H8N2/c1-11-7-9(10)8-5-3-2-4-6-8/h2-7H,10H2. The maximum Gasteiger partial charge on any atom is 0.176 e. The van der Waals surface area contributed by atoms with Crippen molar-refractivity contribution in [2.45, 2.75) is 0 Å². The summed E-state index contributed by atoms with van der Waals surface area (Å²) in [6, 6.07) is 9.43. The van der Waals surface area contributed by atoms with Crippen LogP contribution in [0.15, 0.2) is 36.5 Å². The first-order valence-corrected chi connectivity index (χ1v) is 3.22. The summed E-state index contributed by atoms with van der Waals surface area (Å²) in [5.74, 6) is 0. The van der Waals surface area contributed by atoms with E-state index in [1.165, 1.54) is 6.20 Å². The van der Waals surface area contributed by atoms with E-state index in [0.29, 0.717) is 5.70 Å². The molecule has 0 fully saturated rings. The van der Waals surface area contributed by atoms with Gasteiger partial charge in [-0.05, 0) is 5.56 Å². The van der Waals surface area contributed by atoms with Crippen molar-refractivity contribution in [1.29, 1.82) is 0 Å². The lowest BCUT2D eigenvalue weighted by Gasteiger charge is -1.97. The van der Waals surface area contributed by atoms with Gasteiger partial charge in [-0.15, -0.1) is 0 Å². The van der Waals surface area contributed by atoms with Crippen molar-refractivity contribution < 1.29 is 0 Å². The molecule has 0 radical (unpaired) electrons. The highest BCUT2D eigenvalue weighted by Gasteiger charge is 1.90. The highest BCUT2D eigenvalue weighted by molar-refractivity contribution is 5.63. The van der Waals surface area contributed by atoms with Gasteiger partial charge in [-0.1, -0.05) is 30.3 Å². The minimum atomic E-state index is 0.514. The van der Waals surface area contributed by atoms with Gasteiger partial charge in [-0.25, -0.2) is 4.85 Å². The van der Waals surface area contributed by atoms with Crippen LogP contribution >= 0.6 is 0 Å². The molecular formula is C9H8N2. The summed E-state index contributed by atoms with van der Waals surface area (Å²) >= 11 is 0. The molecule has 11 heavy (non-hydrogen) atoms. The van der Waals surface area contributed by atoms with Gasteiger partial charge in [0.2, 0.25) is 0 Å². The number of hydrogen-bond acceptors (Lipinski definition) is 1. The Morgan fingerprint density at radius 3 is 2.55 bits per heavy atom. The Morgan fingerprint density at radius 1 is 1.36 bits per heavy atom. The summed E-state index contributed by atoms with van der Waals surface area (Å²) in [5.41, 5.74) is 6.96. The maximum absolute atomic E-state index is 6.55. The second-order valence-corrected chi connectivity index (χ2v) is 2.08. The molecule has 0 amide bonds. The van der Waals surface area contributed by atoms with Crippen LogP contribution in [-0.2, 0) is 0 Å². The maximum atomic E-state index is 6.55. The minimum Gasteiger partial charge on any atom is -0.407 e. The topological polar surface area (TPSA) is 30.4 Å². The largest absolute Gasteiger partial charge is 0.407 e. The van der Waals surface area contributed by atoms with E-state index in [9.17, 15) is 0 Å². The third-order valence-electron chi connectivity index (χ3n) is 1.31. The molecule has 0 aliphatic rings. The van der Waals surface area contributed by atoms with Gasteiger partial charge in [0.25, 0.3) is 0 Å². The second-order valence-electron chi connectivity index (χ2n) is 2.08. The summed E-state index contributed by atoms with van der Waals surface area (Å²) in [6.45, 7) is 6.55. The lowest BCUT2D eigenvalue weighted by Crippen LogP contribution is -1.93. The molecule has 54 valence electrons. The average Bonchev–Trinajstić information content (AvgIpc) is 2.07. The Balaban J connectivity index is 2.96. The van der Waals surface area contributed by atoms with E-state index < -0.39 is 0 Å². The van der Waals surface area contributed by atoms with Crippen LogP contribution in [0.1, 0.15) is 5.56 Å². The number of rotatable bonds is 1. The van der Waals surface area contributed by atoms with Gasteiger partial charge in [-0.2, -0.15) is 0 Å². The number of benzene rings is 1. The van der Waals surface area contributed by atoms with E-state index in [1.807, 2.05) is 30.3 Å². The molecule has 0 aliphatic heterocycles. The fourth-order valence-electron chi connectivity index (χ4n) is 0.775. The number of nitrogens with two attached hydrogens (primary N) is 1. The van der Waals surface area contributed by atoms with Crippen molar-refractivity contribution >= 4 is 5.70 Å². The van der Waals surface area contributed by atoms with Crippen LogP contribution < -0.4 is 5.73 Å². The van der Waals surface area contributed by atoms with Gasteiger partial charge < -0.3 is 5.73 Å². The van der Waals surface area contributed by atoms with Crippen LogP contribution in [0.4, 0.5) is 0 Å². The highest BCUT2D eigenvalue weighted by atomic mass is 14.7. The molecule has 1 aromatic rings. The molecular weight excluding hydrogens is 136 g/mol. The van der Waals surface area contributed by atoms with Gasteiger partial charge in [0.05, 0.1) is 6.57 Å². The first-order valence-electron chi connectivity index (χ1n) is 3.22. The monoisotopic (exact) mass is 144 g/mol. The second kappa shape index (κ2) is 3.43. The first kappa shape index (κ1) is 7.36. The molecule has 0 bridgehead atoms. The molecule has 2 nitrogen and oxygen atoms in total. The molecule has 0 saturated carbocycles. The SMILES string of the molecule is [C-]#[N+]C=C(N)c1ccccc1. The van der Waals surface area contributed by atoms with Crippen molar-refractivity contribution in [1.82, 2.24) is 0 Å². The quantitative estimate of drug-likeness (QED) is 0.599. The van der Waals surface area contributed by atoms with E-state index in [0.717, 1.165) is 5.56 Å². The zero-order chi connectivity index (χ0) is 8.10. The molecule has 1 rings (SSSR count). The van der Waals surface area contributed by atoms with E-state index in [4.69, 9.17) is 12.3 Å². The van der Waals surface area contributed by atoms with Crippen LogP contribution in [0.3, 0.4) is 0 Å². The summed E-state index contributed by atoms with van der Waals surface area (Å²) in [4.78, 5) is 3.07. The van der Waals surface area contributed by atoms with Crippen molar-refractivity contribution in [2.24, 2.45) is 5.73 Å². The van der Waals surface area contributed by atoms with Gasteiger partial charge in [0, 0.05) is 5.70 Å². The Bertz CT molecular complexity index is 293. The van der Waals surface area contributed by atoms with Crippen LogP contribution in [0.5, 0.6) is 0 Å². The smallest absolute Gasteiger partial charge is 0.176 e. The van der Waals surface area contributed by atoms with Crippen molar-refractivity contribution in [3.8, 4) is 0 Å². The zero-order valence-electron chi connectivity index (χ0n) is 5.99. The molecule has 0 unspecified atom stereocenters. The summed E-state index contributed by atoms with van der Waals surface area (Å²) < 4.78 is 0. The fraction of sp³-hybridized carbons (Fsp3) is 0. The molecule has 1 aromatic carbocycles. The van der Waals surface area contributed by atoms with Gasteiger partial charge in [-0.3, -0.25) is 0 Å². The Morgan fingerprint density at radius 2 is 2.00 bits per heavy atom. The molecule has 2 N–H and O–H groups in total. The van der Waals surface area contributed by atoms with Crippen molar-refractivity contribution in [3.63, 3.8) is 0 Å². The fourth-order valence-corrected chi connectivity index (χ4v) is 0.775. The molecule has 0 aliphatic carbocycles. The van der Waals surface area contributed by atoms with Crippen molar-refractivity contribution in [2.75, 3.05) is 0 Å². The number of nitrogens with zero attached hydrogens (tertiary/aromatic N) is 1. The molecule has 0 aromatic heterocycles. The first-order chi connectivity index (χ1) is 5.34. The van der Waals surface area contributed by atoms with Gasteiger partial charge >= 0.3 is 0 Å². The van der Waals surface area contributed by atoms with Gasteiger partial charge in [0.15, 0.2) is 6.20 Å². The molecule has 0 spiro atoms. The van der Waals surface area contributed by atoms with E-state index in [2.05, 4.69) is 4.85 Å². The summed E-state index contributed by atoms with van der Waals surface area (Å²) in [7, 11) is 0. The van der Waals surface area contributed by atoms with E-state index in [-0.39, 0.29) is 0 Å². The van der Waals surface area contributed by atoms with Crippen LogP contribution in [-0.4, -0.2) is 0 Å². The molecule has 0 atom stereocenters. The molecule has 0 heterocycles. The Hall–Kier alpha value is -1.75. The Kier molecular flexibility index (Phi) is 2.29. The highest BCUT2D eigenvalue weighted by Crippen LogP contribution is 2.06. The number of hydrogen-bond donors (Lipinski definition) is 1. The van der Waals surface area contributed by atoms with Crippen LogP contribution in [0.2, 0.25) is 0 Å². The predicted octanol–water partition coefficient (Wildman–Crippen LogP) is 1.86. The van der Waals surface area contributed by atoms with E-state index in [1.54, 1.807) is 0 Å². The molecule has 0 saturated heterocycles.